The van der Waals surface area contributed by atoms with E-state index in [1.165, 1.54) is 0 Å². The van der Waals surface area contributed by atoms with Gasteiger partial charge in [0.2, 0.25) is 0 Å². The standard InChI is InChI=1S/C14H13BrN2O2/c1-8-7-9(5-6-11(8)15)19-13-10(14(17)18)3-2-4-12(13)16/h2-7H,16H2,1H3,(H2,17,18). The number of rotatable bonds is 3. The summed E-state index contributed by atoms with van der Waals surface area (Å²) in [5, 5.41) is 0. The van der Waals surface area contributed by atoms with Crippen molar-refractivity contribution in [3.05, 3.63) is 52.0 Å². The van der Waals surface area contributed by atoms with Gasteiger partial charge in [0, 0.05) is 4.47 Å². The van der Waals surface area contributed by atoms with Gasteiger partial charge in [-0.15, -0.1) is 0 Å². The monoisotopic (exact) mass is 320 g/mol. The van der Waals surface area contributed by atoms with Gasteiger partial charge in [-0.3, -0.25) is 4.79 Å². The summed E-state index contributed by atoms with van der Waals surface area (Å²) in [5.41, 5.74) is 12.8. The van der Waals surface area contributed by atoms with Crippen molar-refractivity contribution in [2.75, 3.05) is 5.73 Å². The molecule has 0 spiro atoms. The topological polar surface area (TPSA) is 78.3 Å². The number of nitrogen functional groups attached to an aromatic ring is 1. The van der Waals surface area contributed by atoms with Gasteiger partial charge < -0.3 is 16.2 Å². The summed E-state index contributed by atoms with van der Waals surface area (Å²) < 4.78 is 6.67. The molecule has 19 heavy (non-hydrogen) atoms. The summed E-state index contributed by atoms with van der Waals surface area (Å²) in [7, 11) is 0. The summed E-state index contributed by atoms with van der Waals surface area (Å²) >= 11 is 3.41. The lowest BCUT2D eigenvalue weighted by Gasteiger charge is -2.12. The quantitative estimate of drug-likeness (QED) is 0.852. The minimum atomic E-state index is -0.573. The molecule has 2 aromatic carbocycles. The summed E-state index contributed by atoms with van der Waals surface area (Å²) in [6, 6.07) is 10.4. The zero-order valence-electron chi connectivity index (χ0n) is 10.3. The van der Waals surface area contributed by atoms with Gasteiger partial charge >= 0.3 is 0 Å². The highest BCUT2D eigenvalue weighted by Gasteiger charge is 2.13. The third-order valence-electron chi connectivity index (χ3n) is 2.66. The number of ether oxygens (including phenoxy) is 1. The molecular formula is C14H13BrN2O2. The van der Waals surface area contributed by atoms with Gasteiger partial charge in [0.05, 0.1) is 11.3 Å². The first-order valence-electron chi connectivity index (χ1n) is 5.61. The number of hydrogen-bond acceptors (Lipinski definition) is 3. The van der Waals surface area contributed by atoms with E-state index in [1.807, 2.05) is 19.1 Å². The van der Waals surface area contributed by atoms with Crippen LogP contribution in [0.25, 0.3) is 0 Å². The Morgan fingerprint density at radius 2 is 2.00 bits per heavy atom. The first-order valence-corrected chi connectivity index (χ1v) is 6.40. The van der Waals surface area contributed by atoms with Crippen molar-refractivity contribution in [3.63, 3.8) is 0 Å². The molecule has 1 amide bonds. The van der Waals surface area contributed by atoms with Gasteiger partial charge in [-0.25, -0.2) is 0 Å². The maximum absolute atomic E-state index is 11.4. The normalized spacial score (nSPS) is 10.2. The number of carbonyl (C=O) groups excluding carboxylic acids is 1. The molecule has 2 rings (SSSR count). The van der Waals surface area contributed by atoms with Crippen LogP contribution in [-0.4, -0.2) is 5.91 Å². The van der Waals surface area contributed by atoms with Crippen molar-refractivity contribution >= 4 is 27.5 Å². The van der Waals surface area contributed by atoms with E-state index >= 15 is 0 Å². The van der Waals surface area contributed by atoms with E-state index in [0.717, 1.165) is 10.0 Å². The smallest absolute Gasteiger partial charge is 0.252 e. The van der Waals surface area contributed by atoms with E-state index < -0.39 is 5.91 Å². The van der Waals surface area contributed by atoms with Crippen molar-refractivity contribution in [3.8, 4) is 11.5 Å². The lowest BCUT2D eigenvalue weighted by Crippen LogP contribution is -2.13. The maximum atomic E-state index is 11.4. The second-order valence-electron chi connectivity index (χ2n) is 4.10. The predicted molar refractivity (Wildman–Crippen MR) is 78.3 cm³/mol. The number of aryl methyl sites for hydroxylation is 1. The SMILES string of the molecule is Cc1cc(Oc2c(N)cccc2C(N)=O)ccc1Br. The summed E-state index contributed by atoms with van der Waals surface area (Å²) in [4.78, 5) is 11.4. The molecule has 0 saturated heterocycles. The molecule has 4 nitrogen and oxygen atoms in total. The summed E-state index contributed by atoms with van der Waals surface area (Å²) in [6.07, 6.45) is 0. The van der Waals surface area contributed by atoms with Crippen LogP contribution in [0.2, 0.25) is 0 Å². The van der Waals surface area contributed by atoms with Crippen LogP contribution in [0.4, 0.5) is 5.69 Å². The van der Waals surface area contributed by atoms with Crippen molar-refractivity contribution in [1.29, 1.82) is 0 Å². The van der Waals surface area contributed by atoms with E-state index in [2.05, 4.69) is 15.9 Å². The van der Waals surface area contributed by atoms with E-state index in [4.69, 9.17) is 16.2 Å². The highest BCUT2D eigenvalue weighted by atomic mass is 79.9. The minimum Gasteiger partial charge on any atom is -0.454 e. The van der Waals surface area contributed by atoms with Crippen LogP contribution in [-0.2, 0) is 0 Å². The Bertz CT molecular complexity index is 641. The first-order chi connectivity index (χ1) is 8.99. The molecule has 0 heterocycles. The highest BCUT2D eigenvalue weighted by Crippen LogP contribution is 2.32. The van der Waals surface area contributed by atoms with Crippen LogP contribution in [0.15, 0.2) is 40.9 Å². The number of anilines is 1. The summed E-state index contributed by atoms with van der Waals surface area (Å²) in [6.45, 7) is 1.94. The average Bonchev–Trinajstić information content (AvgIpc) is 2.36. The molecule has 98 valence electrons. The van der Waals surface area contributed by atoms with Crippen LogP contribution < -0.4 is 16.2 Å². The number of hydrogen-bond donors (Lipinski definition) is 2. The second-order valence-corrected chi connectivity index (χ2v) is 4.96. The molecule has 2 aromatic rings. The van der Waals surface area contributed by atoms with E-state index in [0.29, 0.717) is 11.4 Å². The van der Waals surface area contributed by atoms with Crippen molar-refractivity contribution in [2.24, 2.45) is 5.73 Å². The number of nitrogens with two attached hydrogens (primary N) is 2. The number of primary amides is 1. The highest BCUT2D eigenvalue weighted by molar-refractivity contribution is 9.10. The van der Waals surface area contributed by atoms with Crippen LogP contribution >= 0.6 is 15.9 Å². The van der Waals surface area contributed by atoms with Gasteiger partial charge in [0.25, 0.3) is 5.91 Å². The van der Waals surface area contributed by atoms with E-state index in [9.17, 15) is 4.79 Å². The van der Waals surface area contributed by atoms with Crippen molar-refractivity contribution in [1.82, 2.24) is 0 Å². The Labute approximate surface area is 119 Å². The number of carbonyl (C=O) groups is 1. The molecule has 0 aliphatic carbocycles. The van der Waals surface area contributed by atoms with Gasteiger partial charge in [-0.05, 0) is 42.8 Å². The zero-order valence-corrected chi connectivity index (χ0v) is 11.9. The Morgan fingerprint density at radius 1 is 1.26 bits per heavy atom. The Balaban J connectivity index is 2.42. The lowest BCUT2D eigenvalue weighted by atomic mass is 10.1. The fourth-order valence-corrected chi connectivity index (χ4v) is 1.91. The molecule has 0 aliphatic rings. The largest absolute Gasteiger partial charge is 0.454 e. The molecule has 0 bridgehead atoms. The minimum absolute atomic E-state index is 0.264. The maximum Gasteiger partial charge on any atom is 0.252 e. The first kappa shape index (κ1) is 13.4. The van der Waals surface area contributed by atoms with Gasteiger partial charge in [-0.1, -0.05) is 22.0 Å². The number of amides is 1. The van der Waals surface area contributed by atoms with E-state index in [-0.39, 0.29) is 11.3 Å². The van der Waals surface area contributed by atoms with E-state index in [1.54, 1.807) is 24.3 Å². The Hall–Kier alpha value is -2.01. The number of para-hydroxylation sites is 1. The molecule has 5 heteroatoms. The third-order valence-corrected chi connectivity index (χ3v) is 3.55. The van der Waals surface area contributed by atoms with Crippen molar-refractivity contribution < 1.29 is 9.53 Å². The van der Waals surface area contributed by atoms with Gasteiger partial charge in [-0.2, -0.15) is 0 Å². The molecule has 0 atom stereocenters. The zero-order chi connectivity index (χ0) is 14.0. The Morgan fingerprint density at radius 3 is 2.63 bits per heavy atom. The molecule has 0 radical (unpaired) electrons. The third kappa shape index (κ3) is 2.88. The molecule has 0 unspecified atom stereocenters. The number of benzene rings is 2. The van der Waals surface area contributed by atoms with Crippen LogP contribution in [0.3, 0.4) is 0 Å². The molecule has 0 fully saturated rings. The number of halogens is 1. The van der Waals surface area contributed by atoms with Crippen LogP contribution in [0.5, 0.6) is 11.5 Å². The van der Waals surface area contributed by atoms with Gasteiger partial charge in [0.15, 0.2) is 5.75 Å². The fraction of sp³-hybridized carbons (Fsp3) is 0.0714. The molecular weight excluding hydrogens is 308 g/mol. The summed E-state index contributed by atoms with van der Waals surface area (Å²) in [5.74, 6) is 0.314. The molecule has 0 aromatic heterocycles. The van der Waals surface area contributed by atoms with Crippen molar-refractivity contribution in [2.45, 2.75) is 6.92 Å². The molecule has 0 aliphatic heterocycles. The lowest BCUT2D eigenvalue weighted by molar-refractivity contribution is 0.0998. The average molecular weight is 321 g/mol. The van der Waals surface area contributed by atoms with Crippen LogP contribution in [0.1, 0.15) is 15.9 Å². The molecule has 4 N–H and O–H groups in total. The second kappa shape index (κ2) is 5.32. The fourth-order valence-electron chi connectivity index (χ4n) is 1.66. The Kier molecular flexibility index (Phi) is 3.76. The van der Waals surface area contributed by atoms with Crippen LogP contribution in [0, 0.1) is 6.92 Å². The predicted octanol–water partition coefficient (Wildman–Crippen LogP) is 3.23. The molecule has 0 saturated carbocycles. The van der Waals surface area contributed by atoms with Gasteiger partial charge in [0.1, 0.15) is 5.75 Å².